The number of nitrogens with zero attached hydrogens (tertiary/aromatic N) is 3. The SMILES string of the molecule is Cc1nccn1Cc1cc(-c2ccc(Cl)c(Cl)c2)ccn1. The molecule has 0 fully saturated rings. The van der Waals surface area contributed by atoms with Crippen LogP contribution < -0.4 is 0 Å². The fraction of sp³-hybridized carbons (Fsp3) is 0.125. The van der Waals surface area contributed by atoms with E-state index in [2.05, 4.69) is 20.6 Å². The predicted molar refractivity (Wildman–Crippen MR) is 85.8 cm³/mol. The van der Waals surface area contributed by atoms with E-state index in [0.29, 0.717) is 16.6 Å². The Balaban J connectivity index is 1.92. The minimum atomic E-state index is 0.554. The molecule has 0 aliphatic heterocycles. The van der Waals surface area contributed by atoms with Crippen molar-refractivity contribution < 1.29 is 0 Å². The minimum Gasteiger partial charge on any atom is -0.329 e. The molecule has 0 amide bonds. The molecule has 0 spiro atoms. The molecule has 0 saturated carbocycles. The first-order valence-corrected chi connectivity index (χ1v) is 7.27. The number of aromatic nitrogens is 3. The van der Waals surface area contributed by atoms with Crippen LogP contribution in [-0.2, 0) is 6.54 Å². The number of pyridine rings is 1. The number of benzene rings is 1. The molecule has 5 heteroatoms. The summed E-state index contributed by atoms with van der Waals surface area (Å²) >= 11 is 12.0. The van der Waals surface area contributed by atoms with Gasteiger partial charge in [-0.05, 0) is 42.3 Å². The molecule has 3 nitrogen and oxygen atoms in total. The largest absolute Gasteiger partial charge is 0.329 e. The summed E-state index contributed by atoms with van der Waals surface area (Å²) in [6.45, 7) is 2.67. The van der Waals surface area contributed by atoms with Gasteiger partial charge in [0.25, 0.3) is 0 Å². The molecule has 0 saturated heterocycles. The van der Waals surface area contributed by atoms with Crippen LogP contribution in [0.25, 0.3) is 11.1 Å². The van der Waals surface area contributed by atoms with Crippen molar-refractivity contribution in [2.75, 3.05) is 0 Å². The quantitative estimate of drug-likeness (QED) is 0.706. The van der Waals surface area contributed by atoms with E-state index in [1.165, 1.54) is 0 Å². The summed E-state index contributed by atoms with van der Waals surface area (Å²) in [5, 5.41) is 1.11. The van der Waals surface area contributed by atoms with Crippen LogP contribution >= 0.6 is 23.2 Å². The summed E-state index contributed by atoms with van der Waals surface area (Å²) in [6.07, 6.45) is 5.54. The molecule has 0 atom stereocenters. The Kier molecular flexibility index (Phi) is 3.95. The second kappa shape index (κ2) is 5.88. The molecule has 0 aliphatic rings. The third-order valence-corrected chi connectivity index (χ3v) is 4.06. The second-order valence-corrected chi connectivity index (χ2v) is 5.58. The van der Waals surface area contributed by atoms with Crippen molar-refractivity contribution in [3.05, 3.63) is 70.5 Å². The van der Waals surface area contributed by atoms with E-state index >= 15 is 0 Å². The van der Waals surface area contributed by atoms with Gasteiger partial charge < -0.3 is 4.57 Å². The molecule has 0 radical (unpaired) electrons. The summed E-state index contributed by atoms with van der Waals surface area (Å²) in [7, 11) is 0. The number of rotatable bonds is 3. The number of aryl methyl sites for hydroxylation is 1. The van der Waals surface area contributed by atoms with Crippen molar-refractivity contribution in [2.24, 2.45) is 0 Å². The zero-order valence-corrected chi connectivity index (χ0v) is 12.9. The average Bonchev–Trinajstić information content (AvgIpc) is 2.88. The van der Waals surface area contributed by atoms with Gasteiger partial charge in [0.1, 0.15) is 5.82 Å². The standard InChI is InChI=1S/C16H13Cl2N3/c1-11-19-6-7-21(11)10-14-8-13(4-5-20-14)12-2-3-15(17)16(18)9-12/h2-9H,10H2,1H3. The third kappa shape index (κ3) is 3.09. The summed E-state index contributed by atoms with van der Waals surface area (Å²) in [5.74, 6) is 0.969. The Bertz CT molecular complexity index is 781. The molecule has 0 aliphatic carbocycles. The molecule has 2 aromatic heterocycles. The highest BCUT2D eigenvalue weighted by molar-refractivity contribution is 6.42. The molecule has 21 heavy (non-hydrogen) atoms. The van der Waals surface area contributed by atoms with Gasteiger partial charge in [-0.15, -0.1) is 0 Å². The molecular formula is C16H13Cl2N3. The van der Waals surface area contributed by atoms with E-state index in [1.807, 2.05) is 31.3 Å². The highest BCUT2D eigenvalue weighted by Gasteiger charge is 2.05. The first kappa shape index (κ1) is 14.1. The van der Waals surface area contributed by atoms with Gasteiger partial charge >= 0.3 is 0 Å². The highest BCUT2D eigenvalue weighted by atomic mass is 35.5. The molecule has 3 rings (SSSR count). The van der Waals surface area contributed by atoms with Gasteiger partial charge in [0, 0.05) is 18.6 Å². The summed E-state index contributed by atoms with van der Waals surface area (Å²) in [4.78, 5) is 8.63. The molecule has 0 unspecified atom stereocenters. The maximum Gasteiger partial charge on any atom is 0.105 e. The van der Waals surface area contributed by atoms with E-state index in [-0.39, 0.29) is 0 Å². The summed E-state index contributed by atoms with van der Waals surface area (Å²) < 4.78 is 2.06. The summed E-state index contributed by atoms with van der Waals surface area (Å²) in [6, 6.07) is 9.64. The van der Waals surface area contributed by atoms with Gasteiger partial charge in [-0.2, -0.15) is 0 Å². The lowest BCUT2D eigenvalue weighted by Gasteiger charge is -2.08. The topological polar surface area (TPSA) is 30.7 Å². The highest BCUT2D eigenvalue weighted by Crippen LogP contribution is 2.28. The maximum atomic E-state index is 6.08. The Hall–Kier alpha value is -1.84. The Morgan fingerprint density at radius 3 is 2.48 bits per heavy atom. The van der Waals surface area contributed by atoms with Gasteiger partial charge in [0.15, 0.2) is 0 Å². The lowest BCUT2D eigenvalue weighted by atomic mass is 10.1. The second-order valence-electron chi connectivity index (χ2n) is 4.77. The van der Waals surface area contributed by atoms with E-state index < -0.39 is 0 Å². The first-order chi connectivity index (χ1) is 10.1. The van der Waals surface area contributed by atoms with Gasteiger partial charge in [0.05, 0.1) is 22.3 Å². The molecule has 2 heterocycles. The van der Waals surface area contributed by atoms with Crippen molar-refractivity contribution in [1.82, 2.24) is 14.5 Å². The van der Waals surface area contributed by atoms with E-state index in [4.69, 9.17) is 23.2 Å². The van der Waals surface area contributed by atoms with Crippen LogP contribution in [0.2, 0.25) is 10.0 Å². The average molecular weight is 318 g/mol. The van der Waals surface area contributed by atoms with Crippen molar-refractivity contribution in [2.45, 2.75) is 13.5 Å². The Morgan fingerprint density at radius 2 is 1.76 bits per heavy atom. The lowest BCUT2D eigenvalue weighted by molar-refractivity contribution is 0.742. The monoisotopic (exact) mass is 317 g/mol. The van der Waals surface area contributed by atoms with Gasteiger partial charge in [-0.25, -0.2) is 4.98 Å². The zero-order valence-electron chi connectivity index (χ0n) is 11.4. The van der Waals surface area contributed by atoms with Gasteiger partial charge in [0.2, 0.25) is 0 Å². The van der Waals surface area contributed by atoms with Crippen LogP contribution in [0.4, 0.5) is 0 Å². The molecule has 3 aromatic rings. The van der Waals surface area contributed by atoms with E-state index in [9.17, 15) is 0 Å². The van der Waals surface area contributed by atoms with Gasteiger partial charge in [-0.1, -0.05) is 29.3 Å². The van der Waals surface area contributed by atoms with E-state index in [1.54, 1.807) is 18.5 Å². The predicted octanol–water partition coefficient (Wildman–Crippen LogP) is 4.61. The zero-order chi connectivity index (χ0) is 14.8. The van der Waals surface area contributed by atoms with Crippen LogP contribution in [0.1, 0.15) is 11.5 Å². The smallest absolute Gasteiger partial charge is 0.105 e. The maximum absolute atomic E-state index is 6.08. The van der Waals surface area contributed by atoms with Crippen molar-refractivity contribution in [3.63, 3.8) is 0 Å². The minimum absolute atomic E-state index is 0.554. The van der Waals surface area contributed by atoms with Crippen LogP contribution in [-0.4, -0.2) is 14.5 Å². The molecule has 0 bridgehead atoms. The fourth-order valence-electron chi connectivity index (χ4n) is 2.17. The molecule has 106 valence electrons. The number of imidazole rings is 1. The van der Waals surface area contributed by atoms with Crippen molar-refractivity contribution >= 4 is 23.2 Å². The lowest BCUT2D eigenvalue weighted by Crippen LogP contribution is -2.02. The van der Waals surface area contributed by atoms with Crippen LogP contribution in [0.15, 0.2) is 48.9 Å². The van der Waals surface area contributed by atoms with Crippen molar-refractivity contribution in [3.8, 4) is 11.1 Å². The molecular weight excluding hydrogens is 305 g/mol. The normalized spacial score (nSPS) is 10.8. The van der Waals surface area contributed by atoms with Crippen LogP contribution in [0.3, 0.4) is 0 Å². The third-order valence-electron chi connectivity index (χ3n) is 3.33. The van der Waals surface area contributed by atoms with Crippen molar-refractivity contribution in [1.29, 1.82) is 0 Å². The van der Waals surface area contributed by atoms with E-state index in [0.717, 1.165) is 22.6 Å². The summed E-state index contributed by atoms with van der Waals surface area (Å²) in [5.41, 5.74) is 3.06. The first-order valence-electron chi connectivity index (χ1n) is 6.51. The number of halogens is 2. The van der Waals surface area contributed by atoms with Gasteiger partial charge in [-0.3, -0.25) is 4.98 Å². The number of hydrogen-bond donors (Lipinski definition) is 0. The fourth-order valence-corrected chi connectivity index (χ4v) is 2.46. The molecule has 1 aromatic carbocycles. The van der Waals surface area contributed by atoms with Crippen LogP contribution in [0.5, 0.6) is 0 Å². The Morgan fingerprint density at radius 1 is 0.952 bits per heavy atom. The number of hydrogen-bond acceptors (Lipinski definition) is 2. The van der Waals surface area contributed by atoms with Crippen LogP contribution in [0, 0.1) is 6.92 Å². The Labute approximate surface area is 133 Å². The molecule has 0 N–H and O–H groups in total.